The first-order valence-corrected chi connectivity index (χ1v) is 10.3. The molecule has 0 atom stereocenters. The average Bonchev–Trinajstić information content (AvgIpc) is 3.17. The van der Waals surface area contributed by atoms with Gasteiger partial charge < -0.3 is 19.5 Å². The van der Waals surface area contributed by atoms with Crippen molar-refractivity contribution in [3.63, 3.8) is 0 Å². The third-order valence-electron chi connectivity index (χ3n) is 4.43. The van der Waals surface area contributed by atoms with Gasteiger partial charge in [-0.2, -0.15) is 0 Å². The largest absolute Gasteiger partial charge is 0.462 e. The first-order chi connectivity index (χ1) is 14.1. The zero-order chi connectivity index (χ0) is 20.6. The van der Waals surface area contributed by atoms with Crippen molar-refractivity contribution >= 4 is 34.9 Å². The van der Waals surface area contributed by atoms with Crippen LogP contribution < -0.4 is 5.32 Å². The van der Waals surface area contributed by atoms with Crippen LogP contribution in [0.25, 0.3) is 10.4 Å². The molecule has 0 saturated carbocycles. The van der Waals surface area contributed by atoms with Crippen LogP contribution in [0.15, 0.2) is 36.4 Å². The molecule has 154 valence electrons. The second-order valence-electron chi connectivity index (χ2n) is 6.48. The molecule has 1 N–H and O–H groups in total. The van der Waals surface area contributed by atoms with Crippen LogP contribution >= 0.6 is 11.3 Å². The number of hydrogen-bond donors (Lipinski definition) is 1. The minimum Gasteiger partial charge on any atom is -0.462 e. The van der Waals surface area contributed by atoms with E-state index in [1.54, 1.807) is 13.0 Å². The molecule has 0 unspecified atom stereocenters. The summed E-state index contributed by atoms with van der Waals surface area (Å²) in [6, 6.07) is 11.3. The summed E-state index contributed by atoms with van der Waals surface area (Å²) in [6.45, 7) is 2.58. The summed E-state index contributed by atoms with van der Waals surface area (Å²) >= 11 is 1.24. The Kier molecular flexibility index (Phi) is 7.37. The minimum absolute atomic E-state index is 0.230. The lowest BCUT2D eigenvalue weighted by molar-refractivity contribution is -0.154. The maximum absolute atomic E-state index is 12.3. The maximum Gasteiger partial charge on any atom is 0.350 e. The van der Waals surface area contributed by atoms with E-state index >= 15 is 0 Å². The number of anilines is 1. The number of benzene rings is 1. The molecule has 1 saturated heterocycles. The second-order valence-corrected chi connectivity index (χ2v) is 7.53. The van der Waals surface area contributed by atoms with Gasteiger partial charge in [-0.05, 0) is 31.4 Å². The first-order valence-electron chi connectivity index (χ1n) is 9.49. The SMILES string of the molecule is CCOC(=O)c1sc(-c2ccccc2)cc1NC(=O)COC(=O)C1CCOCC1. The Hall–Kier alpha value is -2.71. The van der Waals surface area contributed by atoms with Crippen LogP contribution in [-0.2, 0) is 23.8 Å². The summed E-state index contributed by atoms with van der Waals surface area (Å²) in [5.74, 6) is -1.65. The van der Waals surface area contributed by atoms with E-state index in [0.29, 0.717) is 36.6 Å². The summed E-state index contributed by atoms with van der Waals surface area (Å²) in [6.07, 6.45) is 1.19. The number of rotatable bonds is 7. The van der Waals surface area contributed by atoms with E-state index < -0.39 is 24.5 Å². The smallest absolute Gasteiger partial charge is 0.350 e. The number of hydrogen-bond acceptors (Lipinski definition) is 7. The third kappa shape index (κ3) is 5.65. The third-order valence-corrected chi connectivity index (χ3v) is 5.59. The molecular formula is C21H23NO6S. The van der Waals surface area contributed by atoms with Crippen molar-refractivity contribution in [3.8, 4) is 10.4 Å². The van der Waals surface area contributed by atoms with Gasteiger partial charge in [-0.3, -0.25) is 9.59 Å². The van der Waals surface area contributed by atoms with Gasteiger partial charge in [-0.1, -0.05) is 30.3 Å². The predicted octanol–water partition coefficient (Wildman–Crippen LogP) is 3.50. The van der Waals surface area contributed by atoms with Crippen molar-refractivity contribution in [2.75, 3.05) is 31.7 Å². The molecule has 0 aliphatic carbocycles. The van der Waals surface area contributed by atoms with Gasteiger partial charge in [0.25, 0.3) is 5.91 Å². The average molecular weight is 417 g/mol. The van der Waals surface area contributed by atoms with Gasteiger partial charge in [0, 0.05) is 18.1 Å². The van der Waals surface area contributed by atoms with Crippen molar-refractivity contribution in [3.05, 3.63) is 41.3 Å². The molecule has 8 heteroatoms. The predicted molar refractivity (Wildman–Crippen MR) is 109 cm³/mol. The van der Waals surface area contributed by atoms with Crippen LogP contribution in [0.3, 0.4) is 0 Å². The van der Waals surface area contributed by atoms with Gasteiger partial charge >= 0.3 is 11.9 Å². The van der Waals surface area contributed by atoms with Gasteiger partial charge in [-0.15, -0.1) is 11.3 Å². The molecule has 1 fully saturated rings. The van der Waals surface area contributed by atoms with E-state index in [0.717, 1.165) is 10.4 Å². The van der Waals surface area contributed by atoms with Crippen LogP contribution in [0.1, 0.15) is 29.4 Å². The van der Waals surface area contributed by atoms with Gasteiger partial charge in [0.15, 0.2) is 6.61 Å². The van der Waals surface area contributed by atoms with E-state index in [2.05, 4.69) is 5.32 Å². The van der Waals surface area contributed by atoms with E-state index in [1.807, 2.05) is 30.3 Å². The highest BCUT2D eigenvalue weighted by Gasteiger charge is 2.24. The number of esters is 2. The minimum atomic E-state index is -0.506. The van der Waals surface area contributed by atoms with E-state index in [9.17, 15) is 14.4 Å². The molecule has 7 nitrogen and oxygen atoms in total. The number of amides is 1. The van der Waals surface area contributed by atoms with Crippen molar-refractivity contribution in [1.29, 1.82) is 0 Å². The zero-order valence-electron chi connectivity index (χ0n) is 16.1. The monoisotopic (exact) mass is 417 g/mol. The van der Waals surface area contributed by atoms with Crippen LogP contribution in [0, 0.1) is 5.92 Å². The van der Waals surface area contributed by atoms with Crippen molar-refractivity contribution in [2.45, 2.75) is 19.8 Å². The molecule has 1 aliphatic rings. The first kappa shape index (κ1) is 21.0. The summed E-state index contributed by atoms with van der Waals surface area (Å²) < 4.78 is 15.5. The molecule has 1 aliphatic heterocycles. The Balaban J connectivity index is 1.67. The maximum atomic E-state index is 12.3. The number of ether oxygens (including phenoxy) is 3. The fourth-order valence-corrected chi connectivity index (χ4v) is 3.96. The van der Waals surface area contributed by atoms with Crippen LogP contribution in [-0.4, -0.2) is 44.3 Å². The Morgan fingerprint density at radius 3 is 2.55 bits per heavy atom. The van der Waals surface area contributed by atoms with Crippen molar-refractivity contribution < 1.29 is 28.6 Å². The highest BCUT2D eigenvalue weighted by atomic mass is 32.1. The van der Waals surface area contributed by atoms with E-state index in [4.69, 9.17) is 14.2 Å². The van der Waals surface area contributed by atoms with Crippen LogP contribution in [0.2, 0.25) is 0 Å². The molecule has 2 heterocycles. The Morgan fingerprint density at radius 1 is 1.14 bits per heavy atom. The number of carbonyl (C=O) groups excluding carboxylic acids is 3. The summed E-state index contributed by atoms with van der Waals surface area (Å²) in [5, 5.41) is 2.67. The topological polar surface area (TPSA) is 90.9 Å². The second kappa shape index (κ2) is 10.2. The molecule has 1 aromatic heterocycles. The van der Waals surface area contributed by atoms with Crippen LogP contribution in [0.5, 0.6) is 0 Å². The molecule has 3 rings (SSSR count). The molecule has 2 aromatic rings. The van der Waals surface area contributed by atoms with Crippen molar-refractivity contribution in [2.24, 2.45) is 5.92 Å². The van der Waals surface area contributed by atoms with Gasteiger partial charge in [0.1, 0.15) is 4.88 Å². The summed E-state index contributed by atoms with van der Waals surface area (Å²) in [4.78, 5) is 37.8. The lowest BCUT2D eigenvalue weighted by Gasteiger charge is -2.20. The van der Waals surface area contributed by atoms with Gasteiger partial charge in [0.2, 0.25) is 0 Å². The normalized spacial score (nSPS) is 14.2. The van der Waals surface area contributed by atoms with Gasteiger partial charge in [-0.25, -0.2) is 4.79 Å². The standard InChI is InChI=1S/C21H23NO6S/c1-2-27-21(25)19-16(12-17(29-19)14-6-4-3-5-7-14)22-18(23)13-28-20(24)15-8-10-26-11-9-15/h3-7,12,15H,2,8-11,13H2,1H3,(H,22,23). The Bertz CT molecular complexity index is 857. The molecule has 1 aromatic carbocycles. The lowest BCUT2D eigenvalue weighted by Crippen LogP contribution is -2.28. The molecule has 0 spiro atoms. The molecule has 29 heavy (non-hydrogen) atoms. The Labute approximate surface area is 173 Å². The number of thiophene rings is 1. The highest BCUT2D eigenvalue weighted by Crippen LogP contribution is 2.35. The van der Waals surface area contributed by atoms with Gasteiger partial charge in [0.05, 0.1) is 18.2 Å². The quantitative estimate of drug-likeness (QED) is 0.694. The molecular weight excluding hydrogens is 394 g/mol. The highest BCUT2D eigenvalue weighted by molar-refractivity contribution is 7.18. The molecule has 0 radical (unpaired) electrons. The van der Waals surface area contributed by atoms with Crippen molar-refractivity contribution in [1.82, 2.24) is 0 Å². The fraction of sp³-hybridized carbons (Fsp3) is 0.381. The number of nitrogens with one attached hydrogen (secondary N) is 1. The number of carbonyl (C=O) groups is 3. The summed E-state index contributed by atoms with van der Waals surface area (Å²) in [5.41, 5.74) is 1.27. The summed E-state index contributed by atoms with van der Waals surface area (Å²) in [7, 11) is 0. The van der Waals surface area contributed by atoms with E-state index in [1.165, 1.54) is 11.3 Å². The lowest BCUT2D eigenvalue weighted by atomic mass is 10.0. The molecule has 1 amide bonds. The fourth-order valence-electron chi connectivity index (χ4n) is 2.95. The van der Waals surface area contributed by atoms with Crippen LogP contribution in [0.4, 0.5) is 5.69 Å². The molecule has 0 bridgehead atoms. The zero-order valence-corrected chi connectivity index (χ0v) is 17.0. The Morgan fingerprint density at radius 2 is 1.86 bits per heavy atom. The van der Waals surface area contributed by atoms with E-state index in [-0.39, 0.29) is 12.5 Å².